The van der Waals surface area contributed by atoms with E-state index in [1.165, 1.54) is 0 Å². The second-order valence-corrected chi connectivity index (χ2v) is 6.28. The van der Waals surface area contributed by atoms with Crippen molar-refractivity contribution >= 4 is 27.3 Å². The number of halogens is 1. The van der Waals surface area contributed by atoms with Crippen LogP contribution < -0.4 is 0 Å². The number of hydrogen-bond acceptors (Lipinski definition) is 3. The molecule has 2 aromatic rings. The molecule has 0 aliphatic rings. The van der Waals surface area contributed by atoms with Crippen LogP contribution in [0.1, 0.15) is 33.6 Å². The Morgan fingerprint density at radius 1 is 1.31 bits per heavy atom. The van der Waals surface area contributed by atoms with Crippen molar-refractivity contribution < 1.29 is 9.52 Å². The number of aliphatic hydroxyl groups is 1. The van der Waals surface area contributed by atoms with Crippen LogP contribution in [0.2, 0.25) is 0 Å². The molecule has 0 radical (unpaired) electrons. The predicted octanol–water partition coefficient (Wildman–Crippen LogP) is 4.11. The van der Waals surface area contributed by atoms with Crippen molar-refractivity contribution in [1.82, 2.24) is 0 Å². The van der Waals surface area contributed by atoms with E-state index >= 15 is 0 Å². The van der Waals surface area contributed by atoms with Gasteiger partial charge in [-0.15, -0.1) is 11.3 Å². The molecule has 2 aromatic heterocycles. The van der Waals surface area contributed by atoms with Gasteiger partial charge in [-0.2, -0.15) is 0 Å². The summed E-state index contributed by atoms with van der Waals surface area (Å²) >= 11 is 5.02. The predicted molar refractivity (Wildman–Crippen MR) is 69.0 cm³/mol. The summed E-state index contributed by atoms with van der Waals surface area (Å²) in [6.07, 6.45) is -0.590. The van der Waals surface area contributed by atoms with Gasteiger partial charge in [0.2, 0.25) is 0 Å². The monoisotopic (exact) mass is 300 g/mol. The van der Waals surface area contributed by atoms with Crippen molar-refractivity contribution in [3.8, 4) is 0 Å². The van der Waals surface area contributed by atoms with E-state index in [1.54, 1.807) is 11.3 Å². The highest BCUT2D eigenvalue weighted by molar-refractivity contribution is 9.11. The zero-order valence-corrected chi connectivity index (χ0v) is 11.8. The highest BCUT2D eigenvalue weighted by Gasteiger charge is 2.19. The maximum atomic E-state index is 10.3. The molecule has 16 heavy (non-hydrogen) atoms. The summed E-state index contributed by atoms with van der Waals surface area (Å²) in [5, 5.41) is 10.3. The SMILES string of the molecule is Cc1cc(C(O)c2cc(C)c(Br)s2)c(C)o1. The molecule has 0 saturated carbocycles. The van der Waals surface area contributed by atoms with E-state index < -0.39 is 6.10 Å². The third-order valence-corrected chi connectivity index (χ3v) is 4.71. The minimum Gasteiger partial charge on any atom is -0.466 e. The summed E-state index contributed by atoms with van der Waals surface area (Å²) in [4.78, 5) is 0.938. The van der Waals surface area contributed by atoms with Gasteiger partial charge in [0.1, 0.15) is 17.6 Å². The van der Waals surface area contributed by atoms with E-state index in [2.05, 4.69) is 15.9 Å². The molecule has 0 aromatic carbocycles. The summed E-state index contributed by atoms with van der Waals surface area (Å²) in [6.45, 7) is 5.78. The van der Waals surface area contributed by atoms with E-state index in [1.807, 2.05) is 32.9 Å². The fourth-order valence-corrected chi connectivity index (χ4v) is 3.27. The Labute approximate surface area is 107 Å². The van der Waals surface area contributed by atoms with Crippen molar-refractivity contribution in [2.45, 2.75) is 26.9 Å². The first-order valence-electron chi connectivity index (χ1n) is 5.00. The summed E-state index contributed by atoms with van der Waals surface area (Å²) < 4.78 is 6.50. The lowest BCUT2D eigenvalue weighted by Crippen LogP contribution is -1.96. The first-order chi connectivity index (χ1) is 7.49. The second kappa shape index (κ2) is 4.35. The summed E-state index contributed by atoms with van der Waals surface area (Å²) in [6, 6.07) is 3.89. The van der Waals surface area contributed by atoms with Gasteiger partial charge in [0, 0.05) is 10.4 Å². The van der Waals surface area contributed by atoms with E-state index in [4.69, 9.17) is 4.42 Å². The van der Waals surface area contributed by atoms with Gasteiger partial charge in [-0.1, -0.05) is 0 Å². The maximum Gasteiger partial charge on any atom is 0.117 e. The van der Waals surface area contributed by atoms with Gasteiger partial charge >= 0.3 is 0 Å². The number of aliphatic hydroxyl groups excluding tert-OH is 1. The van der Waals surface area contributed by atoms with Gasteiger partial charge in [-0.05, 0) is 54.4 Å². The molecule has 0 fully saturated rings. The Morgan fingerprint density at radius 2 is 2.00 bits per heavy atom. The van der Waals surface area contributed by atoms with Crippen molar-refractivity contribution in [2.75, 3.05) is 0 Å². The fraction of sp³-hybridized carbons (Fsp3) is 0.333. The van der Waals surface area contributed by atoms with Gasteiger partial charge in [-0.25, -0.2) is 0 Å². The number of thiophene rings is 1. The second-order valence-electron chi connectivity index (χ2n) is 3.88. The van der Waals surface area contributed by atoms with Crippen LogP contribution in [0.25, 0.3) is 0 Å². The zero-order chi connectivity index (χ0) is 11.9. The van der Waals surface area contributed by atoms with Crippen molar-refractivity contribution in [3.63, 3.8) is 0 Å². The molecule has 1 atom stereocenters. The van der Waals surface area contributed by atoms with Gasteiger partial charge in [0.25, 0.3) is 0 Å². The van der Waals surface area contributed by atoms with Crippen molar-refractivity contribution in [3.05, 3.63) is 43.4 Å². The van der Waals surface area contributed by atoms with Crippen LogP contribution in [-0.4, -0.2) is 5.11 Å². The Bertz CT molecular complexity index is 494. The smallest absolute Gasteiger partial charge is 0.117 e. The molecule has 0 aliphatic carbocycles. The van der Waals surface area contributed by atoms with Gasteiger partial charge < -0.3 is 9.52 Å². The molecule has 0 spiro atoms. The number of aryl methyl sites for hydroxylation is 3. The van der Waals surface area contributed by atoms with Crippen LogP contribution in [0.5, 0.6) is 0 Å². The van der Waals surface area contributed by atoms with Gasteiger partial charge in [0.05, 0.1) is 3.79 Å². The third-order valence-electron chi connectivity index (χ3n) is 2.52. The molecule has 0 aliphatic heterocycles. The molecule has 86 valence electrons. The fourth-order valence-electron chi connectivity index (χ4n) is 1.69. The van der Waals surface area contributed by atoms with Crippen LogP contribution in [-0.2, 0) is 0 Å². The maximum absolute atomic E-state index is 10.3. The highest BCUT2D eigenvalue weighted by Crippen LogP contribution is 2.35. The number of furan rings is 1. The van der Waals surface area contributed by atoms with Crippen LogP contribution in [0.15, 0.2) is 20.3 Å². The minimum absolute atomic E-state index is 0.590. The number of hydrogen-bond donors (Lipinski definition) is 1. The quantitative estimate of drug-likeness (QED) is 0.905. The topological polar surface area (TPSA) is 33.4 Å². The first-order valence-corrected chi connectivity index (χ1v) is 6.61. The van der Waals surface area contributed by atoms with Gasteiger partial charge in [-0.3, -0.25) is 0 Å². The largest absolute Gasteiger partial charge is 0.466 e. The lowest BCUT2D eigenvalue weighted by Gasteiger charge is -2.06. The summed E-state index contributed by atoms with van der Waals surface area (Å²) in [5.41, 5.74) is 2.00. The third kappa shape index (κ3) is 2.10. The lowest BCUT2D eigenvalue weighted by molar-refractivity contribution is 0.221. The Balaban J connectivity index is 2.38. The minimum atomic E-state index is -0.590. The molecule has 1 unspecified atom stereocenters. The Hall–Kier alpha value is -0.580. The molecule has 0 bridgehead atoms. The Morgan fingerprint density at radius 3 is 2.44 bits per heavy atom. The van der Waals surface area contributed by atoms with Crippen LogP contribution in [0.4, 0.5) is 0 Å². The van der Waals surface area contributed by atoms with E-state index in [-0.39, 0.29) is 0 Å². The first kappa shape index (κ1) is 11.9. The lowest BCUT2D eigenvalue weighted by atomic mass is 10.1. The van der Waals surface area contributed by atoms with Crippen molar-refractivity contribution in [1.29, 1.82) is 0 Å². The Kier molecular flexibility index (Phi) is 3.24. The molecule has 0 amide bonds. The normalized spacial score (nSPS) is 13.1. The molecule has 0 saturated heterocycles. The summed E-state index contributed by atoms with van der Waals surface area (Å²) in [5.74, 6) is 1.62. The van der Waals surface area contributed by atoms with Crippen LogP contribution in [0.3, 0.4) is 0 Å². The molecule has 2 heterocycles. The van der Waals surface area contributed by atoms with E-state index in [0.29, 0.717) is 0 Å². The van der Waals surface area contributed by atoms with Crippen LogP contribution in [0, 0.1) is 20.8 Å². The standard InChI is InChI=1S/C12H13BrO2S/c1-6-4-10(16-12(6)13)11(14)9-5-7(2)15-8(9)3/h4-5,11,14H,1-3H3. The van der Waals surface area contributed by atoms with Crippen molar-refractivity contribution in [2.24, 2.45) is 0 Å². The number of rotatable bonds is 2. The van der Waals surface area contributed by atoms with Crippen LogP contribution >= 0.6 is 27.3 Å². The average Bonchev–Trinajstić information content (AvgIpc) is 2.70. The molecule has 2 nitrogen and oxygen atoms in total. The molecular formula is C12H13BrO2S. The van der Waals surface area contributed by atoms with E-state index in [9.17, 15) is 5.11 Å². The van der Waals surface area contributed by atoms with Gasteiger partial charge in [0.15, 0.2) is 0 Å². The zero-order valence-electron chi connectivity index (χ0n) is 9.37. The summed E-state index contributed by atoms with van der Waals surface area (Å²) in [7, 11) is 0. The molecule has 4 heteroatoms. The molecule has 1 N–H and O–H groups in total. The molecule has 2 rings (SSSR count). The highest BCUT2D eigenvalue weighted by atomic mass is 79.9. The molecular weight excluding hydrogens is 288 g/mol. The van der Waals surface area contributed by atoms with E-state index in [0.717, 1.165) is 31.3 Å². The average molecular weight is 301 g/mol.